The van der Waals surface area contributed by atoms with Crippen LogP contribution in [-0.4, -0.2) is 11.7 Å². The Morgan fingerprint density at radius 2 is 1.55 bits per heavy atom. The minimum Gasteiger partial charge on any atom is -0.443 e. The Hall–Kier alpha value is -1.81. The highest BCUT2D eigenvalue weighted by molar-refractivity contribution is 9.08. The van der Waals surface area contributed by atoms with Crippen LogP contribution in [0, 0.1) is 0 Å². The third-order valence-corrected chi connectivity index (χ3v) is 3.59. The number of rotatable bonds is 3. The fraction of sp³-hybridized carbons (Fsp3) is 0.278. The van der Waals surface area contributed by atoms with E-state index >= 15 is 0 Å². The average Bonchev–Trinajstić information content (AvgIpc) is 2.47. The number of alkyl halides is 1. The predicted molar refractivity (Wildman–Crippen MR) is 93.9 cm³/mol. The molecule has 0 aliphatic heterocycles. The lowest BCUT2D eigenvalue weighted by Crippen LogP contribution is -2.33. The molecule has 0 bridgehead atoms. The Kier molecular flexibility index (Phi) is 5.24. The molecule has 2 rings (SSSR count). The maximum atomic E-state index is 12.6. The zero-order valence-electron chi connectivity index (χ0n) is 13.0. The number of halogens is 1. The summed E-state index contributed by atoms with van der Waals surface area (Å²) >= 11 is 3.43. The molecule has 0 N–H and O–H groups in total. The van der Waals surface area contributed by atoms with Gasteiger partial charge in [0.25, 0.3) is 0 Å². The molecule has 0 aliphatic carbocycles. The van der Waals surface area contributed by atoms with Crippen molar-refractivity contribution in [3.63, 3.8) is 0 Å². The SMILES string of the molecule is CC(C)(C)OC(=O)N(c1ccccc1)c1ccc(CBr)cc1. The van der Waals surface area contributed by atoms with Crippen molar-refractivity contribution in [2.24, 2.45) is 0 Å². The lowest BCUT2D eigenvalue weighted by Gasteiger charge is -2.27. The largest absolute Gasteiger partial charge is 0.443 e. The van der Waals surface area contributed by atoms with Gasteiger partial charge >= 0.3 is 6.09 Å². The maximum Gasteiger partial charge on any atom is 0.419 e. The number of hydrogen-bond acceptors (Lipinski definition) is 2. The summed E-state index contributed by atoms with van der Waals surface area (Å²) in [5.74, 6) is 0. The van der Waals surface area contributed by atoms with Gasteiger partial charge < -0.3 is 4.74 Å². The molecule has 22 heavy (non-hydrogen) atoms. The van der Waals surface area contributed by atoms with Gasteiger partial charge in [-0.2, -0.15) is 0 Å². The topological polar surface area (TPSA) is 29.5 Å². The van der Waals surface area contributed by atoms with E-state index < -0.39 is 5.60 Å². The molecule has 2 aromatic rings. The summed E-state index contributed by atoms with van der Waals surface area (Å²) in [5.41, 5.74) is 2.18. The molecule has 0 aromatic heterocycles. The predicted octanol–water partition coefficient (Wildman–Crippen LogP) is 5.65. The van der Waals surface area contributed by atoms with Crippen molar-refractivity contribution in [2.45, 2.75) is 31.7 Å². The molecule has 0 atom stereocenters. The van der Waals surface area contributed by atoms with Gasteiger partial charge in [-0.1, -0.05) is 46.3 Å². The van der Waals surface area contributed by atoms with Crippen molar-refractivity contribution < 1.29 is 9.53 Å². The van der Waals surface area contributed by atoms with Gasteiger partial charge in [-0.15, -0.1) is 0 Å². The quantitative estimate of drug-likeness (QED) is 0.660. The number of ether oxygens (including phenoxy) is 1. The van der Waals surface area contributed by atoms with Crippen LogP contribution in [0.5, 0.6) is 0 Å². The van der Waals surface area contributed by atoms with E-state index in [0.29, 0.717) is 0 Å². The first-order valence-corrected chi connectivity index (χ1v) is 8.26. The summed E-state index contributed by atoms with van der Waals surface area (Å²) in [6.07, 6.45) is -0.384. The second-order valence-corrected chi connectivity index (χ2v) is 6.51. The average molecular weight is 362 g/mol. The van der Waals surface area contributed by atoms with E-state index in [1.165, 1.54) is 0 Å². The van der Waals surface area contributed by atoms with Crippen LogP contribution in [0.25, 0.3) is 0 Å². The first-order chi connectivity index (χ1) is 10.4. The minimum atomic E-state index is -0.542. The van der Waals surface area contributed by atoms with E-state index in [1.54, 1.807) is 4.90 Å². The molecule has 2 aromatic carbocycles. The van der Waals surface area contributed by atoms with Gasteiger partial charge in [0.2, 0.25) is 0 Å². The molecule has 1 amide bonds. The van der Waals surface area contributed by atoms with Crippen molar-refractivity contribution in [3.8, 4) is 0 Å². The summed E-state index contributed by atoms with van der Waals surface area (Å²) in [5, 5.41) is 0.783. The summed E-state index contributed by atoms with van der Waals surface area (Å²) < 4.78 is 5.54. The minimum absolute atomic E-state index is 0.384. The molecule has 0 saturated carbocycles. The Morgan fingerprint density at radius 3 is 2.05 bits per heavy atom. The summed E-state index contributed by atoms with van der Waals surface area (Å²) in [6.45, 7) is 5.59. The van der Waals surface area contributed by atoms with E-state index in [0.717, 1.165) is 22.3 Å². The molecular weight excluding hydrogens is 342 g/mol. The number of amides is 1. The van der Waals surface area contributed by atoms with Gasteiger partial charge in [-0.05, 0) is 50.6 Å². The molecule has 116 valence electrons. The van der Waals surface area contributed by atoms with Gasteiger partial charge in [0, 0.05) is 5.33 Å². The first kappa shape index (κ1) is 16.6. The Balaban J connectivity index is 2.39. The zero-order chi connectivity index (χ0) is 16.2. The van der Waals surface area contributed by atoms with Crippen LogP contribution in [0.1, 0.15) is 26.3 Å². The van der Waals surface area contributed by atoms with E-state index in [9.17, 15) is 4.79 Å². The van der Waals surface area contributed by atoms with Crippen LogP contribution in [0.3, 0.4) is 0 Å². The third-order valence-electron chi connectivity index (χ3n) is 2.94. The van der Waals surface area contributed by atoms with Crippen LogP contribution < -0.4 is 4.90 Å². The number of hydrogen-bond donors (Lipinski definition) is 0. The molecular formula is C18H20BrNO2. The Morgan fingerprint density at radius 1 is 1.00 bits per heavy atom. The van der Waals surface area contributed by atoms with Gasteiger partial charge in [0.05, 0.1) is 11.4 Å². The highest BCUT2D eigenvalue weighted by atomic mass is 79.9. The molecule has 0 aliphatic rings. The van der Waals surface area contributed by atoms with Crippen LogP contribution in [0.15, 0.2) is 54.6 Å². The number of carbonyl (C=O) groups excluding carboxylic acids is 1. The van der Waals surface area contributed by atoms with Crippen LogP contribution in [-0.2, 0) is 10.1 Å². The molecule has 0 unspecified atom stereocenters. The monoisotopic (exact) mass is 361 g/mol. The lowest BCUT2D eigenvalue weighted by molar-refractivity contribution is 0.0599. The second kappa shape index (κ2) is 6.97. The highest BCUT2D eigenvalue weighted by Gasteiger charge is 2.24. The van der Waals surface area contributed by atoms with Crippen molar-refractivity contribution in [1.82, 2.24) is 0 Å². The Labute approximate surface area is 140 Å². The maximum absolute atomic E-state index is 12.6. The van der Waals surface area contributed by atoms with Gasteiger partial charge in [-0.25, -0.2) is 9.69 Å². The van der Waals surface area contributed by atoms with Crippen molar-refractivity contribution >= 4 is 33.4 Å². The second-order valence-electron chi connectivity index (χ2n) is 5.95. The molecule has 0 fully saturated rings. The number of anilines is 2. The standard InChI is InChI=1S/C18H20BrNO2/c1-18(2,3)22-17(21)20(15-7-5-4-6-8-15)16-11-9-14(13-19)10-12-16/h4-12H,13H2,1-3H3. The smallest absolute Gasteiger partial charge is 0.419 e. The summed E-state index contributed by atoms with van der Waals surface area (Å²) in [6, 6.07) is 17.3. The van der Waals surface area contributed by atoms with Crippen molar-refractivity contribution in [3.05, 3.63) is 60.2 Å². The van der Waals surface area contributed by atoms with Crippen LogP contribution >= 0.6 is 15.9 Å². The Bertz CT molecular complexity index is 618. The molecule has 3 nitrogen and oxygen atoms in total. The van der Waals surface area contributed by atoms with Gasteiger partial charge in [0.15, 0.2) is 0 Å². The number of para-hydroxylation sites is 1. The van der Waals surface area contributed by atoms with E-state index in [4.69, 9.17) is 4.74 Å². The number of carbonyl (C=O) groups is 1. The van der Waals surface area contributed by atoms with Gasteiger partial charge in [0.1, 0.15) is 5.60 Å². The van der Waals surface area contributed by atoms with Crippen molar-refractivity contribution in [1.29, 1.82) is 0 Å². The van der Waals surface area contributed by atoms with Gasteiger partial charge in [-0.3, -0.25) is 0 Å². The van der Waals surface area contributed by atoms with E-state index in [2.05, 4.69) is 15.9 Å². The molecule has 0 saturated heterocycles. The molecule has 4 heteroatoms. The fourth-order valence-electron chi connectivity index (χ4n) is 1.98. The molecule has 0 radical (unpaired) electrons. The van der Waals surface area contributed by atoms with Crippen molar-refractivity contribution in [2.75, 3.05) is 4.90 Å². The lowest BCUT2D eigenvalue weighted by atomic mass is 10.2. The fourth-order valence-corrected chi connectivity index (χ4v) is 2.35. The third kappa shape index (κ3) is 4.34. The zero-order valence-corrected chi connectivity index (χ0v) is 14.6. The summed E-state index contributed by atoms with van der Waals surface area (Å²) in [7, 11) is 0. The van der Waals surface area contributed by atoms with E-state index in [-0.39, 0.29) is 6.09 Å². The molecule has 0 heterocycles. The number of benzene rings is 2. The first-order valence-electron chi connectivity index (χ1n) is 7.14. The highest BCUT2D eigenvalue weighted by Crippen LogP contribution is 2.28. The summed E-state index contributed by atoms with van der Waals surface area (Å²) in [4.78, 5) is 14.2. The van der Waals surface area contributed by atoms with E-state index in [1.807, 2.05) is 75.4 Å². The molecule has 0 spiro atoms. The normalized spacial score (nSPS) is 11.1. The number of nitrogens with zero attached hydrogens (tertiary/aromatic N) is 1. The van der Waals surface area contributed by atoms with Crippen LogP contribution in [0.4, 0.5) is 16.2 Å². The van der Waals surface area contributed by atoms with Crippen LogP contribution in [0.2, 0.25) is 0 Å².